The first-order valence-electron chi connectivity index (χ1n) is 9.21. The summed E-state index contributed by atoms with van der Waals surface area (Å²) in [6.07, 6.45) is 2.20. The van der Waals surface area contributed by atoms with Crippen molar-refractivity contribution in [2.45, 2.75) is 12.8 Å². The zero-order valence-electron chi connectivity index (χ0n) is 15.7. The van der Waals surface area contributed by atoms with E-state index in [1.165, 1.54) is 6.20 Å². The van der Waals surface area contributed by atoms with E-state index in [2.05, 4.69) is 10.1 Å². The Balaban J connectivity index is 1.36. The van der Waals surface area contributed by atoms with E-state index < -0.39 is 0 Å². The smallest absolute Gasteiger partial charge is 0.219 e. The molecule has 4 rings (SSSR count). The molecule has 2 aromatic carbocycles. The number of hydrogen-bond acceptors (Lipinski definition) is 5. The van der Waals surface area contributed by atoms with E-state index in [0.29, 0.717) is 45.1 Å². The molecule has 0 aliphatic carbocycles. The number of nitrogens with zero attached hydrogens (tertiary/aromatic N) is 2. The second-order valence-corrected chi connectivity index (χ2v) is 7.37. The fraction of sp³-hybridized carbons (Fsp3) is 0.0870. The van der Waals surface area contributed by atoms with E-state index in [1.54, 1.807) is 36.4 Å². The number of Topliss-reactive ketones (excluding diaryl/α,β-unsaturated/α-hetero) is 1. The molecule has 2 heterocycles. The average Bonchev–Trinajstić information content (AvgIpc) is 3.22. The highest BCUT2D eigenvalue weighted by atomic mass is 35.5. The Bertz CT molecular complexity index is 1160. The number of ketones is 1. The van der Waals surface area contributed by atoms with Gasteiger partial charge in [0.15, 0.2) is 5.78 Å². The minimum atomic E-state index is -0.0452. The van der Waals surface area contributed by atoms with E-state index in [4.69, 9.17) is 32.5 Å². The second kappa shape index (κ2) is 9.11. The fourth-order valence-electron chi connectivity index (χ4n) is 2.85. The van der Waals surface area contributed by atoms with Gasteiger partial charge in [-0.15, -0.1) is 0 Å². The van der Waals surface area contributed by atoms with Crippen LogP contribution in [0.4, 0.5) is 0 Å². The number of benzene rings is 2. The van der Waals surface area contributed by atoms with Crippen LogP contribution in [0.3, 0.4) is 0 Å². The number of para-hydroxylation sites is 1. The maximum absolute atomic E-state index is 12.5. The van der Waals surface area contributed by atoms with Gasteiger partial charge in [0, 0.05) is 47.3 Å². The van der Waals surface area contributed by atoms with Gasteiger partial charge < -0.3 is 9.26 Å². The van der Waals surface area contributed by atoms with Gasteiger partial charge in [-0.2, -0.15) is 0 Å². The number of pyridine rings is 1. The number of aromatic nitrogens is 2. The van der Waals surface area contributed by atoms with Crippen LogP contribution >= 0.6 is 23.2 Å². The molecule has 0 fully saturated rings. The van der Waals surface area contributed by atoms with E-state index in [1.807, 2.05) is 30.3 Å². The van der Waals surface area contributed by atoms with Gasteiger partial charge in [0.1, 0.15) is 17.2 Å². The molecule has 2 aromatic heterocycles. The molecule has 0 aliphatic rings. The molecular weight excluding hydrogens is 423 g/mol. The lowest BCUT2D eigenvalue weighted by molar-refractivity contribution is 0.0980. The van der Waals surface area contributed by atoms with E-state index in [0.717, 1.165) is 5.56 Å². The van der Waals surface area contributed by atoms with E-state index in [9.17, 15) is 4.79 Å². The number of carbonyl (C=O) groups excluding carboxylic acids is 1. The maximum Gasteiger partial charge on any atom is 0.219 e. The Labute approximate surface area is 183 Å². The Kier molecular flexibility index (Phi) is 6.12. The van der Waals surface area contributed by atoms with Crippen molar-refractivity contribution in [3.8, 4) is 22.9 Å². The molecule has 0 saturated heterocycles. The molecule has 0 aliphatic heterocycles. The molecule has 7 heteroatoms. The highest BCUT2D eigenvalue weighted by Crippen LogP contribution is 2.30. The van der Waals surface area contributed by atoms with Gasteiger partial charge >= 0.3 is 0 Å². The fourth-order valence-corrected chi connectivity index (χ4v) is 3.36. The van der Waals surface area contributed by atoms with E-state index >= 15 is 0 Å². The Hall–Kier alpha value is -3.15. The predicted octanol–water partition coefficient (Wildman–Crippen LogP) is 6.65. The molecule has 0 radical (unpaired) electrons. The van der Waals surface area contributed by atoms with Gasteiger partial charge in [-0.25, -0.2) is 4.98 Å². The van der Waals surface area contributed by atoms with Crippen molar-refractivity contribution in [3.63, 3.8) is 0 Å². The summed E-state index contributed by atoms with van der Waals surface area (Å²) < 4.78 is 11.0. The topological polar surface area (TPSA) is 65.2 Å². The first kappa shape index (κ1) is 20.1. The SMILES string of the molecule is O=C(CCc1cc(-c2ccc(Cl)cc2Cl)no1)c1ccc(Oc2ccccc2)nc1. The molecule has 0 bridgehead atoms. The quantitative estimate of drug-likeness (QED) is 0.302. The van der Waals surface area contributed by atoms with Crippen molar-refractivity contribution in [3.05, 3.63) is 94.3 Å². The predicted molar refractivity (Wildman–Crippen MR) is 115 cm³/mol. The van der Waals surface area contributed by atoms with Gasteiger partial charge in [-0.3, -0.25) is 4.79 Å². The van der Waals surface area contributed by atoms with Gasteiger partial charge in [0.25, 0.3) is 0 Å². The monoisotopic (exact) mass is 438 g/mol. The van der Waals surface area contributed by atoms with Crippen molar-refractivity contribution in [2.24, 2.45) is 0 Å². The molecule has 0 N–H and O–H groups in total. The van der Waals surface area contributed by atoms with Gasteiger partial charge in [0.05, 0.1) is 5.02 Å². The van der Waals surface area contributed by atoms with Crippen LogP contribution in [0.25, 0.3) is 11.3 Å². The van der Waals surface area contributed by atoms with Crippen molar-refractivity contribution in [1.82, 2.24) is 10.1 Å². The molecule has 4 aromatic rings. The molecule has 0 amide bonds. The second-order valence-electron chi connectivity index (χ2n) is 6.53. The highest BCUT2D eigenvalue weighted by molar-refractivity contribution is 6.36. The lowest BCUT2D eigenvalue weighted by Gasteiger charge is -2.05. The summed E-state index contributed by atoms with van der Waals surface area (Å²) >= 11 is 12.1. The molecule has 30 heavy (non-hydrogen) atoms. The Morgan fingerprint density at radius 2 is 1.83 bits per heavy atom. The van der Waals surface area contributed by atoms with Gasteiger partial charge in [0.2, 0.25) is 5.88 Å². The lowest BCUT2D eigenvalue weighted by atomic mass is 10.1. The van der Waals surface area contributed by atoms with Crippen LogP contribution < -0.4 is 4.74 Å². The minimum Gasteiger partial charge on any atom is -0.439 e. The zero-order chi connectivity index (χ0) is 20.9. The number of hydrogen-bond donors (Lipinski definition) is 0. The first-order valence-corrected chi connectivity index (χ1v) is 9.97. The summed E-state index contributed by atoms with van der Waals surface area (Å²) in [6.45, 7) is 0. The number of ether oxygens (including phenoxy) is 1. The molecule has 0 atom stereocenters. The first-order chi connectivity index (χ1) is 14.6. The standard InChI is InChI=1S/C23H16Cl2N2O3/c24-16-7-9-19(20(25)12-16)21-13-18(30-27-21)8-10-22(28)15-6-11-23(26-14-15)29-17-4-2-1-3-5-17/h1-7,9,11-14H,8,10H2. The van der Waals surface area contributed by atoms with Crippen LogP contribution in [-0.2, 0) is 6.42 Å². The summed E-state index contributed by atoms with van der Waals surface area (Å²) in [5, 5.41) is 5.07. The molecule has 0 spiro atoms. The summed E-state index contributed by atoms with van der Waals surface area (Å²) in [7, 11) is 0. The zero-order valence-corrected chi connectivity index (χ0v) is 17.2. The summed E-state index contributed by atoms with van der Waals surface area (Å²) in [5.41, 5.74) is 1.83. The normalized spacial score (nSPS) is 10.7. The third-order valence-corrected chi connectivity index (χ3v) is 4.94. The Morgan fingerprint density at radius 3 is 2.57 bits per heavy atom. The van der Waals surface area contributed by atoms with Crippen LogP contribution in [-0.4, -0.2) is 15.9 Å². The third-order valence-electron chi connectivity index (χ3n) is 4.39. The number of rotatable bonds is 7. The summed E-state index contributed by atoms with van der Waals surface area (Å²) in [5.74, 6) is 1.67. The number of halogens is 2. The molecule has 5 nitrogen and oxygen atoms in total. The Morgan fingerprint density at radius 1 is 1.00 bits per heavy atom. The highest BCUT2D eigenvalue weighted by Gasteiger charge is 2.13. The number of carbonyl (C=O) groups is 1. The van der Waals surface area contributed by atoms with Crippen LogP contribution in [0, 0.1) is 0 Å². The largest absolute Gasteiger partial charge is 0.439 e. The van der Waals surface area contributed by atoms with E-state index in [-0.39, 0.29) is 12.2 Å². The van der Waals surface area contributed by atoms with Crippen molar-refractivity contribution in [2.75, 3.05) is 0 Å². The summed E-state index contributed by atoms with van der Waals surface area (Å²) in [4.78, 5) is 16.7. The van der Waals surface area contributed by atoms with Crippen LogP contribution in [0.15, 0.2) is 77.4 Å². The van der Waals surface area contributed by atoms with Gasteiger partial charge in [-0.1, -0.05) is 46.6 Å². The van der Waals surface area contributed by atoms with Crippen molar-refractivity contribution < 1.29 is 14.1 Å². The average molecular weight is 439 g/mol. The molecule has 0 saturated carbocycles. The number of aryl methyl sites for hydroxylation is 1. The van der Waals surface area contributed by atoms with Crippen molar-refractivity contribution in [1.29, 1.82) is 0 Å². The minimum absolute atomic E-state index is 0.0452. The molecule has 150 valence electrons. The molecular formula is C23H16Cl2N2O3. The van der Waals surface area contributed by atoms with Gasteiger partial charge in [-0.05, 0) is 36.4 Å². The molecule has 0 unspecified atom stereocenters. The maximum atomic E-state index is 12.5. The lowest BCUT2D eigenvalue weighted by Crippen LogP contribution is -2.01. The van der Waals surface area contributed by atoms with Crippen LogP contribution in [0.5, 0.6) is 11.6 Å². The van der Waals surface area contributed by atoms with Crippen LogP contribution in [0.2, 0.25) is 10.0 Å². The summed E-state index contributed by atoms with van der Waals surface area (Å²) in [6, 6.07) is 19.7. The van der Waals surface area contributed by atoms with Crippen molar-refractivity contribution >= 4 is 29.0 Å². The van der Waals surface area contributed by atoms with Crippen LogP contribution in [0.1, 0.15) is 22.5 Å². The third kappa shape index (κ3) is 4.87.